The van der Waals surface area contributed by atoms with Crippen molar-refractivity contribution in [1.82, 2.24) is 10.1 Å². The molecule has 0 fully saturated rings. The van der Waals surface area contributed by atoms with E-state index in [0.717, 1.165) is 6.42 Å². The summed E-state index contributed by atoms with van der Waals surface area (Å²) >= 11 is 3.26. The van der Waals surface area contributed by atoms with E-state index < -0.39 is 6.04 Å². The second-order valence-corrected chi connectivity index (χ2v) is 5.12. The van der Waals surface area contributed by atoms with Crippen LogP contribution in [-0.4, -0.2) is 23.4 Å². The Kier molecular flexibility index (Phi) is 5.22. The Hall–Kier alpha value is -1.31. The zero-order valence-electron chi connectivity index (χ0n) is 11.0. The summed E-state index contributed by atoms with van der Waals surface area (Å²) < 4.78 is 24.1. The second kappa shape index (κ2) is 6.92. The lowest BCUT2D eigenvalue weighted by molar-refractivity contribution is 0.119. The molecular weight excluding hydrogens is 329 g/mol. The Morgan fingerprint density at radius 2 is 2.30 bits per heavy atom. The molecule has 0 aliphatic heterocycles. The van der Waals surface area contributed by atoms with Gasteiger partial charge in [0.1, 0.15) is 5.82 Å². The highest BCUT2D eigenvalue weighted by molar-refractivity contribution is 9.10. The Balaban J connectivity index is 2.12. The van der Waals surface area contributed by atoms with Crippen LogP contribution in [0, 0.1) is 5.82 Å². The molecule has 0 spiro atoms. The maximum absolute atomic E-state index is 13.0. The number of rotatable bonds is 6. The fraction of sp³-hybridized carbons (Fsp3) is 0.385. The highest BCUT2D eigenvalue weighted by Crippen LogP contribution is 2.28. The van der Waals surface area contributed by atoms with Gasteiger partial charge in [-0.05, 0) is 40.5 Å². The van der Waals surface area contributed by atoms with Crippen molar-refractivity contribution in [2.45, 2.75) is 19.4 Å². The Labute approximate surface area is 124 Å². The average Bonchev–Trinajstić information content (AvgIpc) is 2.88. The SMILES string of the molecule is CCCOCC(N)c1noc(-c2ccc(F)cc2Br)n1. The smallest absolute Gasteiger partial charge is 0.259 e. The van der Waals surface area contributed by atoms with Crippen molar-refractivity contribution in [2.24, 2.45) is 5.73 Å². The van der Waals surface area contributed by atoms with E-state index in [-0.39, 0.29) is 11.7 Å². The molecule has 20 heavy (non-hydrogen) atoms. The molecule has 7 heteroatoms. The van der Waals surface area contributed by atoms with E-state index >= 15 is 0 Å². The fourth-order valence-corrected chi connectivity index (χ4v) is 2.11. The van der Waals surface area contributed by atoms with Crippen LogP contribution in [0.15, 0.2) is 27.2 Å². The number of nitrogens with two attached hydrogens (primary N) is 1. The van der Waals surface area contributed by atoms with E-state index in [2.05, 4.69) is 26.1 Å². The quantitative estimate of drug-likeness (QED) is 0.816. The van der Waals surface area contributed by atoms with E-state index in [0.29, 0.717) is 29.1 Å². The van der Waals surface area contributed by atoms with Crippen LogP contribution in [0.4, 0.5) is 4.39 Å². The predicted molar refractivity (Wildman–Crippen MR) is 75.4 cm³/mol. The molecule has 1 aromatic carbocycles. The third-order valence-electron chi connectivity index (χ3n) is 2.58. The van der Waals surface area contributed by atoms with E-state index in [4.69, 9.17) is 15.0 Å². The third kappa shape index (κ3) is 3.62. The van der Waals surface area contributed by atoms with Gasteiger partial charge in [0, 0.05) is 11.1 Å². The highest BCUT2D eigenvalue weighted by Gasteiger charge is 2.17. The highest BCUT2D eigenvalue weighted by atomic mass is 79.9. The van der Waals surface area contributed by atoms with Crippen LogP contribution in [-0.2, 0) is 4.74 Å². The number of halogens is 2. The summed E-state index contributed by atoms with van der Waals surface area (Å²) in [4.78, 5) is 4.21. The van der Waals surface area contributed by atoms with Gasteiger partial charge < -0.3 is 15.0 Å². The van der Waals surface area contributed by atoms with Crippen LogP contribution in [0.25, 0.3) is 11.5 Å². The molecule has 1 aromatic heterocycles. The number of benzene rings is 1. The number of aromatic nitrogens is 2. The molecule has 108 valence electrons. The van der Waals surface area contributed by atoms with Gasteiger partial charge in [-0.25, -0.2) is 4.39 Å². The van der Waals surface area contributed by atoms with Crippen molar-refractivity contribution in [3.63, 3.8) is 0 Å². The van der Waals surface area contributed by atoms with Gasteiger partial charge in [-0.15, -0.1) is 0 Å². The van der Waals surface area contributed by atoms with Crippen molar-refractivity contribution >= 4 is 15.9 Å². The lowest BCUT2D eigenvalue weighted by atomic mass is 10.2. The van der Waals surface area contributed by atoms with Crippen molar-refractivity contribution in [3.05, 3.63) is 34.3 Å². The lowest BCUT2D eigenvalue weighted by Crippen LogP contribution is -2.18. The maximum Gasteiger partial charge on any atom is 0.259 e. The summed E-state index contributed by atoms with van der Waals surface area (Å²) in [7, 11) is 0. The van der Waals surface area contributed by atoms with Crippen molar-refractivity contribution in [2.75, 3.05) is 13.2 Å². The maximum atomic E-state index is 13.0. The standard InChI is InChI=1S/C13H15BrFN3O2/c1-2-5-19-7-11(16)12-17-13(20-18-12)9-4-3-8(15)6-10(9)14/h3-4,6,11H,2,5,7,16H2,1H3. The van der Waals surface area contributed by atoms with Gasteiger partial charge in [0.15, 0.2) is 5.82 Å². The molecule has 0 radical (unpaired) electrons. The van der Waals surface area contributed by atoms with Gasteiger partial charge in [0.25, 0.3) is 5.89 Å². The first-order chi connectivity index (χ1) is 9.61. The summed E-state index contributed by atoms with van der Waals surface area (Å²) in [6.07, 6.45) is 0.923. The molecule has 1 unspecified atom stereocenters. The topological polar surface area (TPSA) is 74.2 Å². The molecule has 0 amide bonds. The normalized spacial score (nSPS) is 12.6. The first kappa shape index (κ1) is 15.1. The summed E-state index contributed by atoms with van der Waals surface area (Å²) in [5.41, 5.74) is 6.53. The van der Waals surface area contributed by atoms with Crippen LogP contribution >= 0.6 is 15.9 Å². The first-order valence-electron chi connectivity index (χ1n) is 6.24. The van der Waals surface area contributed by atoms with Crippen LogP contribution in [0.2, 0.25) is 0 Å². The summed E-state index contributed by atoms with van der Waals surface area (Å²) in [6.45, 7) is 2.99. The molecule has 0 aliphatic carbocycles. The molecule has 2 aromatic rings. The number of nitrogens with zero attached hydrogens (tertiary/aromatic N) is 2. The van der Waals surface area contributed by atoms with Gasteiger partial charge in [-0.2, -0.15) is 4.98 Å². The summed E-state index contributed by atoms with van der Waals surface area (Å²) in [6, 6.07) is 3.78. The van der Waals surface area contributed by atoms with Crippen LogP contribution in [0.3, 0.4) is 0 Å². The zero-order chi connectivity index (χ0) is 14.5. The zero-order valence-corrected chi connectivity index (χ0v) is 12.6. The Bertz CT molecular complexity index is 576. The lowest BCUT2D eigenvalue weighted by Gasteiger charge is -2.06. The van der Waals surface area contributed by atoms with Crippen LogP contribution in [0.1, 0.15) is 25.2 Å². The minimum atomic E-state index is -0.446. The minimum Gasteiger partial charge on any atom is -0.379 e. The molecule has 0 aliphatic rings. The van der Waals surface area contributed by atoms with Crippen molar-refractivity contribution < 1.29 is 13.7 Å². The molecule has 0 saturated heterocycles. The molecule has 1 heterocycles. The summed E-state index contributed by atoms with van der Waals surface area (Å²) in [5, 5.41) is 3.83. The first-order valence-corrected chi connectivity index (χ1v) is 7.03. The van der Waals surface area contributed by atoms with E-state index in [1.165, 1.54) is 12.1 Å². The molecule has 0 saturated carbocycles. The van der Waals surface area contributed by atoms with E-state index in [1.54, 1.807) is 6.07 Å². The third-order valence-corrected chi connectivity index (χ3v) is 3.24. The van der Waals surface area contributed by atoms with Gasteiger partial charge >= 0.3 is 0 Å². The second-order valence-electron chi connectivity index (χ2n) is 4.26. The molecule has 2 rings (SSSR count). The molecule has 1 atom stereocenters. The van der Waals surface area contributed by atoms with Crippen molar-refractivity contribution in [1.29, 1.82) is 0 Å². The van der Waals surface area contributed by atoms with E-state index in [9.17, 15) is 4.39 Å². The van der Waals surface area contributed by atoms with E-state index in [1.807, 2.05) is 6.92 Å². The fourth-order valence-electron chi connectivity index (χ4n) is 1.59. The average molecular weight is 344 g/mol. The van der Waals surface area contributed by atoms with Crippen molar-refractivity contribution in [3.8, 4) is 11.5 Å². The Morgan fingerprint density at radius 1 is 1.50 bits per heavy atom. The van der Waals surface area contributed by atoms with Crippen LogP contribution < -0.4 is 5.73 Å². The Morgan fingerprint density at radius 3 is 3.00 bits per heavy atom. The van der Waals surface area contributed by atoms with Gasteiger partial charge in [0.05, 0.1) is 18.2 Å². The largest absolute Gasteiger partial charge is 0.379 e. The van der Waals surface area contributed by atoms with Gasteiger partial charge in [-0.3, -0.25) is 0 Å². The van der Waals surface area contributed by atoms with Gasteiger partial charge in [-0.1, -0.05) is 12.1 Å². The molecule has 2 N–H and O–H groups in total. The van der Waals surface area contributed by atoms with Gasteiger partial charge in [0.2, 0.25) is 0 Å². The molecule has 0 bridgehead atoms. The van der Waals surface area contributed by atoms with Crippen LogP contribution in [0.5, 0.6) is 0 Å². The predicted octanol–water partition coefficient (Wildman–Crippen LogP) is 3.06. The monoisotopic (exact) mass is 343 g/mol. The number of hydrogen-bond donors (Lipinski definition) is 1. The number of ether oxygens (including phenoxy) is 1. The molecular formula is C13H15BrFN3O2. The number of hydrogen-bond acceptors (Lipinski definition) is 5. The molecule has 5 nitrogen and oxygen atoms in total. The summed E-state index contributed by atoms with van der Waals surface area (Å²) in [5.74, 6) is 0.315. The minimum absolute atomic E-state index is 0.290.